The molecule has 4 aromatic rings. The summed E-state index contributed by atoms with van der Waals surface area (Å²) in [6.07, 6.45) is 4.48. The molecule has 2 aromatic heterocycles. The largest absolute Gasteiger partial charge is 0.471 e. The molecule has 0 bridgehead atoms. The Balaban J connectivity index is 1.35. The Morgan fingerprint density at radius 2 is 1.70 bits per heavy atom. The van der Waals surface area contributed by atoms with Crippen LogP contribution in [-0.2, 0) is 16.8 Å². The first-order valence-electron chi connectivity index (χ1n) is 9.52. The minimum absolute atomic E-state index is 0.00215. The molecule has 0 atom stereocenters. The van der Waals surface area contributed by atoms with Crippen LogP contribution in [0.5, 0.6) is 5.75 Å². The van der Waals surface area contributed by atoms with Crippen LogP contribution in [0.15, 0.2) is 88.6 Å². The van der Waals surface area contributed by atoms with E-state index < -0.39 is 15.9 Å². The number of sulfonamides is 1. The van der Waals surface area contributed by atoms with Gasteiger partial charge in [-0.1, -0.05) is 15.9 Å². The van der Waals surface area contributed by atoms with Crippen molar-refractivity contribution in [3.63, 3.8) is 0 Å². The van der Waals surface area contributed by atoms with Gasteiger partial charge in [0.1, 0.15) is 5.75 Å². The molecule has 33 heavy (non-hydrogen) atoms. The Labute approximate surface area is 197 Å². The lowest BCUT2D eigenvalue weighted by Gasteiger charge is -2.08. The standard InChI is InChI=1S/C21H17BrN6O4S/c22-15-2-6-17(7-3-15)32-14-28-13-10-19(26-28)20(29)25-16-4-8-18(9-5-16)33(30,31)27-21-23-11-1-12-24-21/h1-13H,14H2,(H,25,29)(H,23,24,27). The summed E-state index contributed by atoms with van der Waals surface area (Å²) in [5, 5.41) is 6.87. The molecule has 1 amide bonds. The summed E-state index contributed by atoms with van der Waals surface area (Å²) in [4.78, 5) is 20.2. The molecule has 10 nitrogen and oxygen atoms in total. The molecule has 0 aliphatic carbocycles. The number of anilines is 2. The van der Waals surface area contributed by atoms with E-state index in [0.29, 0.717) is 11.4 Å². The molecule has 2 N–H and O–H groups in total. The van der Waals surface area contributed by atoms with Crippen molar-refractivity contribution < 1.29 is 17.9 Å². The number of nitrogens with one attached hydrogen (secondary N) is 2. The van der Waals surface area contributed by atoms with Crippen molar-refractivity contribution in [2.45, 2.75) is 11.6 Å². The first-order valence-corrected chi connectivity index (χ1v) is 11.8. The van der Waals surface area contributed by atoms with Gasteiger partial charge in [-0.25, -0.2) is 27.8 Å². The fraction of sp³-hybridized carbons (Fsp3) is 0.0476. The molecule has 0 fully saturated rings. The minimum atomic E-state index is -3.86. The summed E-state index contributed by atoms with van der Waals surface area (Å²) in [7, 11) is -3.86. The van der Waals surface area contributed by atoms with Gasteiger partial charge in [0.2, 0.25) is 5.95 Å². The van der Waals surface area contributed by atoms with Crippen LogP contribution in [0.1, 0.15) is 10.5 Å². The van der Waals surface area contributed by atoms with E-state index in [1.54, 1.807) is 18.3 Å². The molecule has 4 rings (SSSR count). The number of nitrogens with zero attached hydrogens (tertiary/aromatic N) is 4. The van der Waals surface area contributed by atoms with Gasteiger partial charge in [0, 0.05) is 28.8 Å². The van der Waals surface area contributed by atoms with Crippen LogP contribution in [0.4, 0.5) is 11.6 Å². The molecule has 2 heterocycles. The maximum absolute atomic E-state index is 12.5. The summed E-state index contributed by atoms with van der Waals surface area (Å²) in [5.74, 6) is 0.196. The molecule has 12 heteroatoms. The second-order valence-electron chi connectivity index (χ2n) is 6.62. The highest BCUT2D eigenvalue weighted by Gasteiger charge is 2.16. The maximum Gasteiger partial charge on any atom is 0.276 e. The van der Waals surface area contributed by atoms with Crippen LogP contribution in [0, 0.1) is 0 Å². The predicted molar refractivity (Wildman–Crippen MR) is 124 cm³/mol. The Hall–Kier alpha value is -3.77. The summed E-state index contributed by atoms with van der Waals surface area (Å²) in [6.45, 7) is 0.138. The van der Waals surface area contributed by atoms with Gasteiger partial charge in [0.15, 0.2) is 12.4 Å². The van der Waals surface area contributed by atoms with E-state index in [1.807, 2.05) is 24.3 Å². The van der Waals surface area contributed by atoms with Crippen molar-refractivity contribution in [3.8, 4) is 5.75 Å². The van der Waals surface area contributed by atoms with E-state index in [1.165, 1.54) is 41.3 Å². The zero-order chi connectivity index (χ0) is 23.3. The topological polar surface area (TPSA) is 128 Å². The SMILES string of the molecule is O=C(Nc1ccc(S(=O)(=O)Nc2ncccn2)cc1)c1ccn(COc2ccc(Br)cc2)n1. The molecular formula is C21H17BrN6O4S. The average Bonchev–Trinajstić information content (AvgIpc) is 3.29. The number of benzene rings is 2. The lowest BCUT2D eigenvalue weighted by Crippen LogP contribution is -2.16. The number of rotatable bonds is 8. The second kappa shape index (κ2) is 9.79. The summed E-state index contributed by atoms with van der Waals surface area (Å²) < 4.78 is 35.2. The Morgan fingerprint density at radius 1 is 1.00 bits per heavy atom. The number of ether oxygens (including phenoxy) is 1. The monoisotopic (exact) mass is 528 g/mol. The van der Waals surface area contributed by atoms with Crippen LogP contribution in [0.25, 0.3) is 0 Å². The molecular weight excluding hydrogens is 512 g/mol. The zero-order valence-electron chi connectivity index (χ0n) is 16.9. The van der Waals surface area contributed by atoms with E-state index in [9.17, 15) is 13.2 Å². The quantitative estimate of drug-likeness (QED) is 0.358. The Morgan fingerprint density at radius 3 is 2.39 bits per heavy atom. The predicted octanol–water partition coefficient (Wildman–Crippen LogP) is 3.53. The lowest BCUT2D eigenvalue weighted by atomic mass is 10.3. The van der Waals surface area contributed by atoms with Crippen molar-refractivity contribution in [2.75, 3.05) is 10.0 Å². The van der Waals surface area contributed by atoms with Crippen molar-refractivity contribution in [1.82, 2.24) is 19.7 Å². The Kier molecular flexibility index (Phi) is 6.66. The van der Waals surface area contributed by atoms with Crippen LogP contribution >= 0.6 is 15.9 Å². The molecule has 0 spiro atoms. The second-order valence-corrected chi connectivity index (χ2v) is 9.22. The number of hydrogen-bond donors (Lipinski definition) is 2. The Bertz CT molecular complexity index is 1340. The number of aromatic nitrogens is 4. The third kappa shape index (κ3) is 5.93. The number of halogens is 1. The molecule has 0 saturated heterocycles. The fourth-order valence-corrected chi connectivity index (χ4v) is 3.89. The van der Waals surface area contributed by atoms with E-state index in [-0.39, 0.29) is 23.3 Å². The van der Waals surface area contributed by atoms with Gasteiger partial charge >= 0.3 is 0 Å². The smallest absolute Gasteiger partial charge is 0.276 e. The van der Waals surface area contributed by atoms with Crippen LogP contribution in [0.2, 0.25) is 0 Å². The minimum Gasteiger partial charge on any atom is -0.471 e. The number of carbonyl (C=O) groups is 1. The molecule has 0 radical (unpaired) electrons. The zero-order valence-corrected chi connectivity index (χ0v) is 19.3. The molecule has 168 valence electrons. The summed E-state index contributed by atoms with van der Waals surface area (Å²) in [6, 6.07) is 16.2. The van der Waals surface area contributed by atoms with Gasteiger partial charge in [-0.15, -0.1) is 0 Å². The van der Waals surface area contributed by atoms with Gasteiger partial charge in [0.05, 0.1) is 4.90 Å². The van der Waals surface area contributed by atoms with Gasteiger partial charge in [-0.05, 0) is 60.7 Å². The molecule has 0 aliphatic rings. The third-order valence-corrected chi connectivity index (χ3v) is 6.14. The van der Waals surface area contributed by atoms with E-state index in [4.69, 9.17) is 4.74 Å². The van der Waals surface area contributed by atoms with E-state index in [0.717, 1.165) is 4.47 Å². The molecule has 2 aromatic carbocycles. The molecule has 0 saturated carbocycles. The highest BCUT2D eigenvalue weighted by atomic mass is 79.9. The van der Waals surface area contributed by atoms with Crippen LogP contribution in [-0.4, -0.2) is 34.1 Å². The maximum atomic E-state index is 12.5. The van der Waals surface area contributed by atoms with Gasteiger partial charge in [-0.2, -0.15) is 5.10 Å². The number of amides is 1. The first kappa shape index (κ1) is 22.4. The number of carbonyl (C=O) groups excluding carboxylic acids is 1. The van der Waals surface area contributed by atoms with E-state index >= 15 is 0 Å². The van der Waals surface area contributed by atoms with Crippen molar-refractivity contribution in [3.05, 3.63) is 89.4 Å². The van der Waals surface area contributed by atoms with Crippen molar-refractivity contribution in [1.29, 1.82) is 0 Å². The van der Waals surface area contributed by atoms with E-state index in [2.05, 4.69) is 41.0 Å². The first-order chi connectivity index (χ1) is 15.9. The van der Waals surface area contributed by atoms with Crippen molar-refractivity contribution >= 4 is 43.5 Å². The number of hydrogen-bond acceptors (Lipinski definition) is 7. The third-order valence-electron chi connectivity index (χ3n) is 4.26. The highest BCUT2D eigenvalue weighted by molar-refractivity contribution is 9.10. The average molecular weight is 529 g/mol. The van der Waals surface area contributed by atoms with Crippen LogP contribution in [0.3, 0.4) is 0 Å². The van der Waals surface area contributed by atoms with Gasteiger partial charge in [0.25, 0.3) is 15.9 Å². The highest BCUT2D eigenvalue weighted by Crippen LogP contribution is 2.18. The normalized spacial score (nSPS) is 11.1. The fourth-order valence-electron chi connectivity index (χ4n) is 2.67. The summed E-state index contributed by atoms with van der Waals surface area (Å²) >= 11 is 3.36. The van der Waals surface area contributed by atoms with Crippen LogP contribution < -0.4 is 14.8 Å². The summed E-state index contributed by atoms with van der Waals surface area (Å²) in [5.41, 5.74) is 0.601. The molecule has 0 aliphatic heterocycles. The molecule has 0 unspecified atom stereocenters. The lowest BCUT2D eigenvalue weighted by molar-refractivity contribution is 0.102. The van der Waals surface area contributed by atoms with Crippen molar-refractivity contribution in [2.24, 2.45) is 0 Å². The van der Waals surface area contributed by atoms with Gasteiger partial charge < -0.3 is 10.1 Å². The van der Waals surface area contributed by atoms with Gasteiger partial charge in [-0.3, -0.25) is 4.79 Å².